The fourth-order valence-corrected chi connectivity index (χ4v) is 4.07. The molecule has 1 aliphatic heterocycles. The van der Waals surface area contributed by atoms with E-state index >= 15 is 0 Å². The van der Waals surface area contributed by atoms with Gasteiger partial charge in [0.2, 0.25) is 5.91 Å². The predicted molar refractivity (Wildman–Crippen MR) is 104 cm³/mol. The molecular weight excluding hydrogens is 392 g/mol. The van der Waals surface area contributed by atoms with E-state index in [4.69, 9.17) is 0 Å². The molecule has 0 atom stereocenters. The van der Waals surface area contributed by atoms with Crippen molar-refractivity contribution in [2.24, 2.45) is 0 Å². The molecule has 3 heterocycles. The zero-order chi connectivity index (χ0) is 17.9. The number of likely N-dealkylation sites (tertiary alicyclic amines) is 1. The average Bonchev–Trinajstić information content (AvgIpc) is 3.10. The normalized spacial score (nSPS) is 15.5. The van der Waals surface area contributed by atoms with Crippen LogP contribution in [0.25, 0.3) is 5.65 Å². The van der Waals surface area contributed by atoms with E-state index in [0.717, 1.165) is 48.3 Å². The van der Waals surface area contributed by atoms with Gasteiger partial charge in [-0.05, 0) is 49.1 Å². The molecule has 3 aromatic rings. The van der Waals surface area contributed by atoms with Gasteiger partial charge in [-0.25, -0.2) is 0 Å². The first-order chi connectivity index (χ1) is 12.7. The summed E-state index contributed by atoms with van der Waals surface area (Å²) in [5, 5.41) is 8.62. The van der Waals surface area contributed by atoms with Crippen LogP contribution in [0.5, 0.6) is 0 Å². The van der Waals surface area contributed by atoms with Crippen LogP contribution >= 0.6 is 15.9 Å². The first-order valence-corrected chi connectivity index (χ1v) is 9.82. The van der Waals surface area contributed by atoms with Crippen molar-refractivity contribution in [2.75, 3.05) is 13.1 Å². The van der Waals surface area contributed by atoms with E-state index in [0.29, 0.717) is 12.3 Å². The molecular formula is C20H21BrN4O. The molecule has 2 aromatic heterocycles. The van der Waals surface area contributed by atoms with Crippen LogP contribution < -0.4 is 0 Å². The topological polar surface area (TPSA) is 50.5 Å². The van der Waals surface area contributed by atoms with Gasteiger partial charge in [0.15, 0.2) is 5.65 Å². The summed E-state index contributed by atoms with van der Waals surface area (Å²) in [6, 6.07) is 14.1. The number of pyridine rings is 1. The van der Waals surface area contributed by atoms with E-state index in [1.54, 1.807) is 0 Å². The van der Waals surface area contributed by atoms with Crippen molar-refractivity contribution in [3.8, 4) is 0 Å². The van der Waals surface area contributed by atoms with Crippen LogP contribution in [0, 0.1) is 0 Å². The number of aryl methyl sites for hydroxylation is 1. The third-order valence-corrected chi connectivity index (χ3v) is 5.56. The highest BCUT2D eigenvalue weighted by Gasteiger charge is 2.26. The second-order valence-corrected chi connectivity index (χ2v) is 7.69. The van der Waals surface area contributed by atoms with E-state index in [1.165, 1.54) is 5.56 Å². The minimum absolute atomic E-state index is 0.245. The number of halogens is 1. The molecule has 1 fully saturated rings. The average molecular weight is 413 g/mol. The number of hydrogen-bond donors (Lipinski definition) is 0. The highest BCUT2D eigenvalue weighted by molar-refractivity contribution is 9.10. The number of carbonyl (C=O) groups is 1. The lowest BCUT2D eigenvalue weighted by Crippen LogP contribution is -2.38. The number of piperidine rings is 1. The Kier molecular flexibility index (Phi) is 5.02. The Morgan fingerprint density at radius 1 is 1.12 bits per heavy atom. The summed E-state index contributed by atoms with van der Waals surface area (Å²) in [6.45, 7) is 1.59. The standard InChI is InChI=1S/C20H21BrN4O/c21-17-5-3-4-15(14-17)7-8-19(26)24-12-9-16(10-13-24)20-23-22-18-6-1-2-11-25(18)20/h1-6,11,14,16H,7-10,12-13H2. The summed E-state index contributed by atoms with van der Waals surface area (Å²) in [6.07, 6.45) is 5.25. The third-order valence-electron chi connectivity index (χ3n) is 5.07. The fraction of sp³-hybridized carbons (Fsp3) is 0.350. The Hall–Kier alpha value is -2.21. The lowest BCUT2D eigenvalue weighted by Gasteiger charge is -2.31. The molecule has 1 aliphatic rings. The van der Waals surface area contributed by atoms with Gasteiger partial charge < -0.3 is 4.90 Å². The lowest BCUT2D eigenvalue weighted by atomic mass is 9.95. The minimum Gasteiger partial charge on any atom is -0.343 e. The number of carbonyl (C=O) groups excluding carboxylic acids is 1. The second kappa shape index (κ2) is 7.58. The summed E-state index contributed by atoms with van der Waals surface area (Å²) in [5.41, 5.74) is 2.08. The molecule has 0 aliphatic carbocycles. The van der Waals surface area contributed by atoms with Gasteiger partial charge in [0, 0.05) is 36.1 Å². The van der Waals surface area contributed by atoms with Gasteiger partial charge >= 0.3 is 0 Å². The van der Waals surface area contributed by atoms with E-state index in [1.807, 2.05) is 41.4 Å². The van der Waals surface area contributed by atoms with Crippen LogP contribution in [0.3, 0.4) is 0 Å². The Morgan fingerprint density at radius 3 is 2.77 bits per heavy atom. The van der Waals surface area contributed by atoms with Crippen LogP contribution in [0.1, 0.15) is 36.6 Å². The molecule has 0 radical (unpaired) electrons. The van der Waals surface area contributed by atoms with Crippen molar-refractivity contribution in [3.63, 3.8) is 0 Å². The molecule has 1 amide bonds. The molecule has 5 nitrogen and oxygen atoms in total. The molecule has 0 bridgehead atoms. The highest BCUT2D eigenvalue weighted by atomic mass is 79.9. The van der Waals surface area contributed by atoms with Crippen molar-refractivity contribution < 1.29 is 4.79 Å². The highest BCUT2D eigenvalue weighted by Crippen LogP contribution is 2.27. The number of fused-ring (bicyclic) bond motifs is 1. The van der Waals surface area contributed by atoms with Crippen molar-refractivity contribution in [1.82, 2.24) is 19.5 Å². The first-order valence-electron chi connectivity index (χ1n) is 9.02. The number of benzene rings is 1. The van der Waals surface area contributed by atoms with Crippen LogP contribution in [-0.2, 0) is 11.2 Å². The summed E-state index contributed by atoms with van der Waals surface area (Å²) < 4.78 is 3.12. The summed E-state index contributed by atoms with van der Waals surface area (Å²) in [7, 11) is 0. The van der Waals surface area contributed by atoms with Gasteiger partial charge in [-0.15, -0.1) is 10.2 Å². The lowest BCUT2D eigenvalue weighted by molar-refractivity contribution is -0.132. The van der Waals surface area contributed by atoms with Crippen LogP contribution in [0.2, 0.25) is 0 Å². The van der Waals surface area contributed by atoms with Crippen molar-refractivity contribution in [2.45, 2.75) is 31.6 Å². The van der Waals surface area contributed by atoms with Gasteiger partial charge in [-0.3, -0.25) is 9.20 Å². The maximum absolute atomic E-state index is 12.5. The summed E-state index contributed by atoms with van der Waals surface area (Å²) >= 11 is 3.48. The van der Waals surface area contributed by atoms with E-state index in [2.05, 4.69) is 42.7 Å². The molecule has 1 saturated heterocycles. The smallest absolute Gasteiger partial charge is 0.222 e. The Balaban J connectivity index is 1.33. The first kappa shape index (κ1) is 17.2. The Labute approximate surface area is 161 Å². The number of amides is 1. The second-order valence-electron chi connectivity index (χ2n) is 6.77. The van der Waals surface area contributed by atoms with Gasteiger partial charge in [0.25, 0.3) is 0 Å². The van der Waals surface area contributed by atoms with Crippen LogP contribution in [-0.4, -0.2) is 38.5 Å². The van der Waals surface area contributed by atoms with E-state index in [-0.39, 0.29) is 5.91 Å². The predicted octanol–water partition coefficient (Wildman–Crippen LogP) is 3.83. The molecule has 0 N–H and O–H groups in total. The quantitative estimate of drug-likeness (QED) is 0.653. The number of aromatic nitrogens is 3. The molecule has 1 aromatic carbocycles. The zero-order valence-corrected chi connectivity index (χ0v) is 16.1. The molecule has 4 rings (SSSR count). The molecule has 0 unspecified atom stereocenters. The molecule has 0 saturated carbocycles. The Bertz CT molecular complexity index is 915. The summed E-state index contributed by atoms with van der Waals surface area (Å²) in [4.78, 5) is 14.5. The fourth-order valence-electron chi connectivity index (χ4n) is 3.63. The van der Waals surface area contributed by atoms with Gasteiger partial charge in [0.05, 0.1) is 0 Å². The molecule has 134 valence electrons. The summed E-state index contributed by atoms with van der Waals surface area (Å²) in [5.74, 6) is 1.62. The minimum atomic E-state index is 0.245. The number of nitrogens with zero attached hydrogens (tertiary/aromatic N) is 4. The molecule has 26 heavy (non-hydrogen) atoms. The maximum atomic E-state index is 12.5. The maximum Gasteiger partial charge on any atom is 0.222 e. The van der Waals surface area contributed by atoms with Crippen LogP contribution in [0.15, 0.2) is 53.1 Å². The van der Waals surface area contributed by atoms with Gasteiger partial charge in [0.1, 0.15) is 5.82 Å². The third kappa shape index (κ3) is 3.65. The number of hydrogen-bond acceptors (Lipinski definition) is 3. The van der Waals surface area contributed by atoms with E-state index < -0.39 is 0 Å². The van der Waals surface area contributed by atoms with Gasteiger partial charge in [-0.1, -0.05) is 34.1 Å². The van der Waals surface area contributed by atoms with Crippen molar-refractivity contribution in [3.05, 3.63) is 64.5 Å². The van der Waals surface area contributed by atoms with Crippen molar-refractivity contribution in [1.29, 1.82) is 0 Å². The molecule has 6 heteroatoms. The Morgan fingerprint density at radius 2 is 1.96 bits per heavy atom. The van der Waals surface area contributed by atoms with Crippen molar-refractivity contribution >= 4 is 27.5 Å². The number of rotatable bonds is 4. The molecule has 0 spiro atoms. The largest absolute Gasteiger partial charge is 0.343 e. The van der Waals surface area contributed by atoms with E-state index in [9.17, 15) is 4.79 Å². The zero-order valence-electron chi connectivity index (χ0n) is 14.5. The van der Waals surface area contributed by atoms with Gasteiger partial charge in [-0.2, -0.15) is 0 Å². The van der Waals surface area contributed by atoms with Crippen LogP contribution in [0.4, 0.5) is 0 Å². The monoisotopic (exact) mass is 412 g/mol. The SMILES string of the molecule is O=C(CCc1cccc(Br)c1)N1CCC(c2nnc3ccccn23)CC1.